The maximum Gasteiger partial charge on any atom is 0.307 e. The number of carboxylic acid groups (broad SMARTS) is 1. The molecular formula is C25H17Cl2NO2S. The Morgan fingerprint density at radius 3 is 2.52 bits per heavy atom. The molecule has 5 aromatic rings. The van der Waals surface area contributed by atoms with Gasteiger partial charge in [-0.2, -0.15) is 0 Å². The monoisotopic (exact) mass is 465 g/mol. The highest BCUT2D eigenvalue weighted by molar-refractivity contribution is 7.17. The SMILES string of the molecule is O=C(O)Cc1cn(Cc2csc3ccc(Cl)cc23)c2cc(-c3cccc(Cl)c3)ccc12. The lowest BCUT2D eigenvalue weighted by Crippen LogP contribution is -2.00. The molecule has 0 bridgehead atoms. The zero-order valence-electron chi connectivity index (χ0n) is 16.3. The molecule has 0 unspecified atom stereocenters. The lowest BCUT2D eigenvalue weighted by molar-refractivity contribution is -0.136. The summed E-state index contributed by atoms with van der Waals surface area (Å²) in [6, 6.07) is 19.8. The fraction of sp³-hybridized carbons (Fsp3) is 0.0800. The van der Waals surface area contributed by atoms with Gasteiger partial charge in [0, 0.05) is 38.4 Å². The maximum absolute atomic E-state index is 11.4. The Hall–Kier alpha value is -2.79. The van der Waals surface area contributed by atoms with Gasteiger partial charge in [-0.15, -0.1) is 11.3 Å². The third-order valence-corrected chi connectivity index (χ3v) is 6.90. The average molecular weight is 466 g/mol. The van der Waals surface area contributed by atoms with Gasteiger partial charge < -0.3 is 9.67 Å². The van der Waals surface area contributed by atoms with E-state index >= 15 is 0 Å². The zero-order chi connectivity index (χ0) is 21.5. The zero-order valence-corrected chi connectivity index (χ0v) is 18.6. The molecule has 0 aliphatic heterocycles. The van der Waals surface area contributed by atoms with Crippen LogP contribution in [0.2, 0.25) is 10.0 Å². The molecule has 0 saturated carbocycles. The molecule has 0 spiro atoms. The van der Waals surface area contributed by atoms with E-state index in [1.165, 1.54) is 4.70 Å². The van der Waals surface area contributed by atoms with Crippen LogP contribution in [0.1, 0.15) is 11.1 Å². The third kappa shape index (κ3) is 3.94. The number of carbonyl (C=O) groups is 1. The fourth-order valence-electron chi connectivity index (χ4n) is 4.01. The van der Waals surface area contributed by atoms with Gasteiger partial charge in [-0.05, 0) is 69.4 Å². The molecule has 0 radical (unpaired) electrons. The molecule has 1 N–H and O–H groups in total. The lowest BCUT2D eigenvalue weighted by atomic mass is 10.0. The van der Waals surface area contributed by atoms with Gasteiger partial charge >= 0.3 is 5.97 Å². The summed E-state index contributed by atoms with van der Waals surface area (Å²) >= 11 is 14.1. The van der Waals surface area contributed by atoms with Crippen LogP contribution in [0.25, 0.3) is 32.1 Å². The van der Waals surface area contributed by atoms with Crippen molar-refractivity contribution in [1.29, 1.82) is 0 Å². The number of hydrogen-bond donors (Lipinski definition) is 1. The Morgan fingerprint density at radius 1 is 0.903 bits per heavy atom. The first-order chi connectivity index (χ1) is 15.0. The molecule has 2 aromatic heterocycles. The topological polar surface area (TPSA) is 42.2 Å². The van der Waals surface area contributed by atoms with Crippen molar-refractivity contribution in [3.8, 4) is 11.1 Å². The van der Waals surface area contributed by atoms with Crippen molar-refractivity contribution in [2.45, 2.75) is 13.0 Å². The number of aromatic nitrogens is 1. The van der Waals surface area contributed by atoms with Crippen LogP contribution in [0.15, 0.2) is 72.2 Å². The summed E-state index contributed by atoms with van der Waals surface area (Å²) in [6.45, 7) is 0.634. The van der Waals surface area contributed by atoms with Gasteiger partial charge in [-0.1, -0.05) is 47.5 Å². The number of fused-ring (bicyclic) bond motifs is 2. The summed E-state index contributed by atoms with van der Waals surface area (Å²) in [4.78, 5) is 11.4. The Labute approximate surface area is 193 Å². The highest BCUT2D eigenvalue weighted by Gasteiger charge is 2.14. The molecule has 5 rings (SSSR count). The van der Waals surface area contributed by atoms with Gasteiger partial charge in [-0.3, -0.25) is 4.79 Å². The van der Waals surface area contributed by atoms with Crippen molar-refractivity contribution < 1.29 is 9.90 Å². The maximum atomic E-state index is 11.4. The standard InChI is InChI=1S/C25H17Cl2NO2S/c26-19-3-1-2-15(8-19)16-4-6-21-17(10-25(29)30)12-28(23(21)9-16)13-18-14-31-24-7-5-20(27)11-22(18)24/h1-9,11-12,14H,10,13H2,(H,29,30). The Bertz CT molecular complexity index is 1450. The molecule has 3 nitrogen and oxygen atoms in total. The molecular weight excluding hydrogens is 449 g/mol. The summed E-state index contributed by atoms with van der Waals surface area (Å²) in [7, 11) is 0. The highest BCUT2D eigenvalue weighted by atomic mass is 35.5. The second-order valence-electron chi connectivity index (χ2n) is 7.50. The number of hydrogen-bond acceptors (Lipinski definition) is 2. The molecule has 0 fully saturated rings. The second kappa shape index (κ2) is 8.04. The smallest absolute Gasteiger partial charge is 0.307 e. The first-order valence-electron chi connectivity index (χ1n) is 9.73. The van der Waals surface area contributed by atoms with E-state index in [0.717, 1.165) is 38.5 Å². The van der Waals surface area contributed by atoms with E-state index in [4.69, 9.17) is 23.2 Å². The van der Waals surface area contributed by atoms with Crippen molar-refractivity contribution in [2.75, 3.05) is 0 Å². The van der Waals surface area contributed by atoms with Crippen LogP contribution in [0.5, 0.6) is 0 Å². The predicted octanol–water partition coefficient (Wildman–Crippen LogP) is 7.51. The minimum atomic E-state index is -0.842. The lowest BCUT2D eigenvalue weighted by Gasteiger charge is -2.08. The number of aliphatic carboxylic acids is 1. The van der Waals surface area contributed by atoms with E-state index in [-0.39, 0.29) is 6.42 Å². The number of halogens is 2. The van der Waals surface area contributed by atoms with Crippen LogP contribution in [0, 0.1) is 0 Å². The van der Waals surface area contributed by atoms with E-state index in [1.54, 1.807) is 11.3 Å². The summed E-state index contributed by atoms with van der Waals surface area (Å²) in [5.41, 5.74) is 5.02. The Morgan fingerprint density at radius 2 is 1.71 bits per heavy atom. The molecule has 31 heavy (non-hydrogen) atoms. The van der Waals surface area contributed by atoms with Crippen molar-refractivity contribution >= 4 is 61.5 Å². The predicted molar refractivity (Wildman–Crippen MR) is 130 cm³/mol. The van der Waals surface area contributed by atoms with Gasteiger partial charge in [0.1, 0.15) is 0 Å². The molecule has 154 valence electrons. The van der Waals surface area contributed by atoms with E-state index in [2.05, 4.69) is 16.0 Å². The second-order valence-corrected chi connectivity index (χ2v) is 9.28. The van der Waals surface area contributed by atoms with Gasteiger partial charge in [0.15, 0.2) is 0 Å². The van der Waals surface area contributed by atoms with Crippen molar-refractivity contribution in [2.24, 2.45) is 0 Å². The molecule has 0 aliphatic rings. The van der Waals surface area contributed by atoms with Crippen LogP contribution >= 0.6 is 34.5 Å². The number of thiophene rings is 1. The number of carboxylic acids is 1. The van der Waals surface area contributed by atoms with Gasteiger partial charge in [0.05, 0.1) is 6.42 Å². The Balaban J connectivity index is 1.65. The molecule has 0 atom stereocenters. The summed E-state index contributed by atoms with van der Waals surface area (Å²) in [6.07, 6.45) is 1.94. The van der Waals surface area contributed by atoms with E-state index in [0.29, 0.717) is 16.6 Å². The Kier molecular flexibility index (Phi) is 5.22. The van der Waals surface area contributed by atoms with Gasteiger partial charge in [-0.25, -0.2) is 0 Å². The van der Waals surface area contributed by atoms with Crippen LogP contribution < -0.4 is 0 Å². The summed E-state index contributed by atoms with van der Waals surface area (Å²) in [5.74, 6) is -0.842. The number of nitrogens with zero attached hydrogens (tertiary/aromatic N) is 1. The largest absolute Gasteiger partial charge is 0.481 e. The van der Waals surface area contributed by atoms with Crippen LogP contribution in [0.4, 0.5) is 0 Å². The molecule has 3 aromatic carbocycles. The first-order valence-corrected chi connectivity index (χ1v) is 11.4. The molecule has 2 heterocycles. The number of benzene rings is 3. The van der Waals surface area contributed by atoms with Crippen LogP contribution in [0.3, 0.4) is 0 Å². The van der Waals surface area contributed by atoms with E-state index < -0.39 is 5.97 Å². The molecule has 6 heteroatoms. The van der Waals surface area contributed by atoms with Crippen molar-refractivity contribution in [3.05, 3.63) is 93.4 Å². The van der Waals surface area contributed by atoms with E-state index in [1.807, 2.05) is 60.8 Å². The summed E-state index contributed by atoms with van der Waals surface area (Å²) in [5, 5.41) is 15.0. The summed E-state index contributed by atoms with van der Waals surface area (Å²) < 4.78 is 3.31. The van der Waals surface area contributed by atoms with Crippen LogP contribution in [-0.4, -0.2) is 15.6 Å². The van der Waals surface area contributed by atoms with Crippen LogP contribution in [-0.2, 0) is 17.8 Å². The average Bonchev–Trinajstić information content (AvgIpc) is 3.29. The third-order valence-electron chi connectivity index (χ3n) is 5.42. The normalized spacial score (nSPS) is 11.4. The molecule has 0 amide bonds. The van der Waals surface area contributed by atoms with Crippen molar-refractivity contribution in [3.63, 3.8) is 0 Å². The minimum Gasteiger partial charge on any atom is -0.481 e. The van der Waals surface area contributed by atoms with E-state index in [9.17, 15) is 9.90 Å². The quantitative estimate of drug-likeness (QED) is 0.291. The fourth-order valence-corrected chi connectivity index (χ4v) is 5.31. The van der Waals surface area contributed by atoms with Crippen molar-refractivity contribution in [1.82, 2.24) is 4.57 Å². The highest BCUT2D eigenvalue weighted by Crippen LogP contribution is 2.33. The molecule has 0 saturated heterocycles. The number of rotatable bonds is 5. The van der Waals surface area contributed by atoms with Gasteiger partial charge in [0.25, 0.3) is 0 Å². The first kappa shape index (κ1) is 20.1. The molecule has 0 aliphatic carbocycles. The minimum absolute atomic E-state index is 0.0176. The van der Waals surface area contributed by atoms with Gasteiger partial charge in [0.2, 0.25) is 0 Å².